The first-order valence-corrected chi connectivity index (χ1v) is 11.6. The Balaban J connectivity index is 1.29. The van der Waals surface area contributed by atoms with Gasteiger partial charge in [-0.3, -0.25) is 18.6 Å². The highest BCUT2D eigenvalue weighted by atomic mass is 32.2. The van der Waals surface area contributed by atoms with Crippen LogP contribution in [0.2, 0.25) is 0 Å². The second-order valence-corrected chi connectivity index (χ2v) is 8.94. The van der Waals surface area contributed by atoms with Gasteiger partial charge < -0.3 is 9.80 Å². The van der Waals surface area contributed by atoms with Crippen LogP contribution in [0.25, 0.3) is 16.7 Å². The predicted molar refractivity (Wildman–Crippen MR) is 126 cm³/mol. The van der Waals surface area contributed by atoms with E-state index in [2.05, 4.69) is 46.3 Å². The average molecular weight is 449 g/mol. The lowest BCUT2D eigenvalue weighted by Gasteiger charge is -2.36. The molecule has 5 rings (SSSR count). The molecule has 0 bridgehead atoms. The van der Waals surface area contributed by atoms with Crippen LogP contribution < -0.4 is 10.5 Å². The quantitative estimate of drug-likeness (QED) is 0.446. The summed E-state index contributed by atoms with van der Waals surface area (Å²) in [5, 5.41) is 9.66. The number of benzene rings is 2. The fourth-order valence-electron chi connectivity index (χ4n) is 4.16. The standard InChI is InChI=1S/C23H24N6O2S/c1-16-6-5-7-17(14-16)27-10-12-28(13-11-27)20(30)15-32-23-25-24-22-26(2)21(31)18-8-3-4-9-19(18)29(22)23/h3-9,14H,10-13,15H2,1-2H3. The van der Waals surface area contributed by atoms with Crippen molar-refractivity contribution in [2.45, 2.75) is 12.1 Å². The summed E-state index contributed by atoms with van der Waals surface area (Å²) in [6, 6.07) is 15.9. The fourth-order valence-corrected chi connectivity index (χ4v) is 5.00. The van der Waals surface area contributed by atoms with Gasteiger partial charge in [0.15, 0.2) is 5.16 Å². The molecule has 1 aliphatic heterocycles. The summed E-state index contributed by atoms with van der Waals surface area (Å²) in [6.07, 6.45) is 0. The van der Waals surface area contributed by atoms with Gasteiger partial charge in [-0.1, -0.05) is 36.0 Å². The number of fused-ring (bicyclic) bond motifs is 3. The van der Waals surface area contributed by atoms with Crippen LogP contribution in [-0.4, -0.2) is 61.9 Å². The number of nitrogens with zero attached hydrogens (tertiary/aromatic N) is 6. The molecule has 1 aliphatic rings. The highest BCUT2D eigenvalue weighted by Crippen LogP contribution is 2.22. The van der Waals surface area contributed by atoms with Gasteiger partial charge in [-0.15, -0.1) is 10.2 Å². The number of anilines is 1. The molecule has 1 amide bonds. The second kappa shape index (κ2) is 8.31. The molecule has 4 aromatic rings. The molecule has 8 nitrogen and oxygen atoms in total. The van der Waals surface area contributed by atoms with Crippen LogP contribution >= 0.6 is 11.8 Å². The average Bonchev–Trinajstić information content (AvgIpc) is 3.25. The van der Waals surface area contributed by atoms with Crippen molar-refractivity contribution in [1.29, 1.82) is 0 Å². The summed E-state index contributed by atoms with van der Waals surface area (Å²) in [7, 11) is 1.69. The van der Waals surface area contributed by atoms with E-state index in [9.17, 15) is 9.59 Å². The van der Waals surface area contributed by atoms with Crippen LogP contribution in [0.5, 0.6) is 0 Å². The van der Waals surface area contributed by atoms with Gasteiger partial charge in [-0.25, -0.2) is 0 Å². The zero-order chi connectivity index (χ0) is 22.2. The molecule has 3 heterocycles. The lowest BCUT2D eigenvalue weighted by Crippen LogP contribution is -2.49. The molecule has 0 spiro atoms. The van der Waals surface area contributed by atoms with Crippen LogP contribution in [-0.2, 0) is 11.8 Å². The van der Waals surface area contributed by atoms with Gasteiger partial charge in [0.25, 0.3) is 5.56 Å². The number of hydrogen-bond acceptors (Lipinski definition) is 6. The van der Waals surface area contributed by atoms with Gasteiger partial charge in [0.1, 0.15) is 0 Å². The minimum atomic E-state index is -0.111. The van der Waals surface area contributed by atoms with Gasteiger partial charge in [-0.2, -0.15) is 0 Å². The van der Waals surface area contributed by atoms with E-state index in [0.29, 0.717) is 29.4 Å². The van der Waals surface area contributed by atoms with Crippen LogP contribution in [0.1, 0.15) is 5.56 Å². The molecule has 164 valence electrons. The molecular weight excluding hydrogens is 424 g/mol. The van der Waals surface area contributed by atoms with Crippen molar-refractivity contribution in [3.05, 3.63) is 64.4 Å². The number of aromatic nitrogens is 4. The molecular formula is C23H24N6O2S. The molecule has 2 aromatic heterocycles. The summed E-state index contributed by atoms with van der Waals surface area (Å²) >= 11 is 1.36. The SMILES string of the molecule is Cc1cccc(N2CCN(C(=O)CSc3nnc4n(C)c(=O)c5ccccc5n34)CC2)c1. The Bertz CT molecular complexity index is 1370. The Morgan fingerprint density at radius 2 is 1.81 bits per heavy atom. The topological polar surface area (TPSA) is 75.7 Å². The summed E-state index contributed by atoms with van der Waals surface area (Å²) in [5.74, 6) is 0.836. The molecule has 0 atom stereocenters. The zero-order valence-electron chi connectivity index (χ0n) is 18.1. The van der Waals surface area contributed by atoms with Crippen molar-refractivity contribution < 1.29 is 4.79 Å². The molecule has 1 saturated heterocycles. The zero-order valence-corrected chi connectivity index (χ0v) is 18.9. The first kappa shape index (κ1) is 20.6. The Morgan fingerprint density at radius 1 is 1.03 bits per heavy atom. The molecule has 9 heteroatoms. The van der Waals surface area contributed by atoms with Crippen molar-refractivity contribution in [3.8, 4) is 0 Å². The number of aryl methyl sites for hydroxylation is 2. The number of rotatable bonds is 4. The third-order valence-electron chi connectivity index (χ3n) is 5.92. The number of carbonyl (C=O) groups is 1. The van der Waals surface area contributed by atoms with Crippen LogP contribution in [0, 0.1) is 6.92 Å². The highest BCUT2D eigenvalue weighted by Gasteiger charge is 2.23. The fraction of sp³-hybridized carbons (Fsp3) is 0.304. The van der Waals surface area contributed by atoms with E-state index in [-0.39, 0.29) is 17.2 Å². The van der Waals surface area contributed by atoms with Gasteiger partial charge >= 0.3 is 0 Å². The lowest BCUT2D eigenvalue weighted by atomic mass is 10.2. The van der Waals surface area contributed by atoms with Crippen molar-refractivity contribution in [1.82, 2.24) is 24.1 Å². The summed E-state index contributed by atoms with van der Waals surface area (Å²) in [4.78, 5) is 29.7. The molecule has 32 heavy (non-hydrogen) atoms. The van der Waals surface area contributed by atoms with E-state index in [4.69, 9.17) is 0 Å². The molecule has 1 fully saturated rings. The Kier molecular flexibility index (Phi) is 5.34. The molecule has 0 radical (unpaired) electrons. The van der Waals surface area contributed by atoms with Gasteiger partial charge in [0, 0.05) is 38.9 Å². The van der Waals surface area contributed by atoms with Crippen molar-refractivity contribution in [3.63, 3.8) is 0 Å². The highest BCUT2D eigenvalue weighted by molar-refractivity contribution is 7.99. The molecule has 0 unspecified atom stereocenters. The van der Waals surface area contributed by atoms with Crippen molar-refractivity contribution in [2.24, 2.45) is 7.05 Å². The number of amides is 1. The maximum Gasteiger partial charge on any atom is 0.262 e. The molecule has 0 saturated carbocycles. The van der Waals surface area contributed by atoms with Gasteiger partial charge in [0.05, 0.1) is 16.7 Å². The third kappa shape index (κ3) is 3.62. The molecule has 2 aromatic carbocycles. The largest absolute Gasteiger partial charge is 0.368 e. The van der Waals surface area contributed by atoms with Crippen molar-refractivity contribution in [2.75, 3.05) is 36.8 Å². The van der Waals surface area contributed by atoms with Gasteiger partial charge in [-0.05, 0) is 36.8 Å². The maximum atomic E-state index is 12.9. The van der Waals surface area contributed by atoms with Crippen LogP contribution in [0.4, 0.5) is 5.69 Å². The number of piperazine rings is 1. The van der Waals surface area contributed by atoms with E-state index in [0.717, 1.165) is 18.6 Å². The summed E-state index contributed by atoms with van der Waals surface area (Å²) in [5.41, 5.74) is 3.08. The molecule has 0 N–H and O–H groups in total. The van der Waals surface area contributed by atoms with E-state index >= 15 is 0 Å². The predicted octanol–water partition coefficient (Wildman–Crippen LogP) is 2.33. The maximum absolute atomic E-state index is 12.9. The minimum absolute atomic E-state index is 0.0877. The first-order chi connectivity index (χ1) is 15.5. The summed E-state index contributed by atoms with van der Waals surface area (Å²) in [6.45, 7) is 5.13. The number of carbonyl (C=O) groups excluding carboxylic acids is 1. The summed E-state index contributed by atoms with van der Waals surface area (Å²) < 4.78 is 3.34. The Hall–Kier alpha value is -3.33. The smallest absolute Gasteiger partial charge is 0.262 e. The van der Waals surface area contributed by atoms with Crippen LogP contribution in [0.15, 0.2) is 58.5 Å². The van der Waals surface area contributed by atoms with E-state index in [1.165, 1.54) is 27.6 Å². The van der Waals surface area contributed by atoms with E-state index in [1.807, 2.05) is 27.5 Å². The Labute approximate surface area is 189 Å². The van der Waals surface area contributed by atoms with E-state index < -0.39 is 0 Å². The normalized spacial score (nSPS) is 14.4. The first-order valence-electron chi connectivity index (χ1n) is 10.6. The van der Waals surface area contributed by atoms with Crippen molar-refractivity contribution >= 4 is 40.0 Å². The second-order valence-electron chi connectivity index (χ2n) is 7.99. The molecule has 0 aliphatic carbocycles. The Morgan fingerprint density at radius 3 is 2.59 bits per heavy atom. The van der Waals surface area contributed by atoms with E-state index in [1.54, 1.807) is 13.1 Å². The number of para-hydroxylation sites is 1. The lowest BCUT2D eigenvalue weighted by molar-refractivity contribution is -0.128. The third-order valence-corrected chi connectivity index (χ3v) is 6.83. The van der Waals surface area contributed by atoms with Gasteiger partial charge in [0.2, 0.25) is 11.7 Å². The number of hydrogen-bond donors (Lipinski definition) is 0. The monoisotopic (exact) mass is 448 g/mol. The van der Waals surface area contributed by atoms with Crippen LogP contribution in [0.3, 0.4) is 0 Å². The number of thioether (sulfide) groups is 1. The minimum Gasteiger partial charge on any atom is -0.368 e.